The van der Waals surface area contributed by atoms with Gasteiger partial charge in [0.2, 0.25) is 0 Å². The largest absolute Gasteiger partial charge is 0.392 e. The third-order valence-electron chi connectivity index (χ3n) is 2.79. The van der Waals surface area contributed by atoms with Crippen molar-refractivity contribution in [1.82, 2.24) is 9.88 Å². The molecule has 0 bridgehead atoms. The van der Waals surface area contributed by atoms with Gasteiger partial charge < -0.3 is 10.6 Å². The summed E-state index contributed by atoms with van der Waals surface area (Å²) in [5.74, 6) is -0.142. The second-order valence-electron chi connectivity index (χ2n) is 3.92. The molecule has 0 saturated carbocycles. The molecule has 1 fully saturated rings. The van der Waals surface area contributed by atoms with Gasteiger partial charge in [-0.3, -0.25) is 4.79 Å². The van der Waals surface area contributed by atoms with E-state index in [0.29, 0.717) is 22.2 Å². The van der Waals surface area contributed by atoms with Crippen LogP contribution in [0.3, 0.4) is 0 Å². The summed E-state index contributed by atoms with van der Waals surface area (Å²) < 4.78 is 0. The third-order valence-corrected chi connectivity index (χ3v) is 3.28. The van der Waals surface area contributed by atoms with Crippen molar-refractivity contribution in [2.24, 2.45) is 5.73 Å². The lowest BCUT2D eigenvalue weighted by Gasteiger charge is -2.23. The second-order valence-corrected chi connectivity index (χ2v) is 4.83. The van der Waals surface area contributed by atoms with E-state index in [4.69, 9.17) is 29.6 Å². The molecule has 17 heavy (non-hydrogen) atoms. The molecule has 4 nitrogen and oxygen atoms in total. The summed E-state index contributed by atoms with van der Waals surface area (Å²) in [7, 11) is 0. The summed E-state index contributed by atoms with van der Waals surface area (Å²) in [4.78, 5) is 18.2. The molecule has 1 aliphatic heterocycles. The minimum absolute atomic E-state index is 0.142. The molecule has 1 unspecified atom stereocenters. The number of nitrogens with zero attached hydrogens (tertiary/aromatic N) is 2. The maximum absolute atomic E-state index is 12.2. The van der Waals surface area contributed by atoms with Gasteiger partial charge in [0, 0.05) is 12.7 Å². The van der Waals surface area contributed by atoms with Crippen LogP contribution >= 0.6 is 23.8 Å². The van der Waals surface area contributed by atoms with Gasteiger partial charge in [0.25, 0.3) is 5.91 Å². The standard InChI is InChI=1S/C11H12ClN3OS/c12-7-3-4-8(14-6-7)11(16)15-5-1-2-9(15)10(13)17/h3-4,6,9H,1-2,5H2,(H2,13,17). The minimum Gasteiger partial charge on any atom is -0.392 e. The Labute approximate surface area is 110 Å². The SMILES string of the molecule is NC(=S)C1CCCN1C(=O)c1ccc(Cl)cn1. The van der Waals surface area contributed by atoms with Crippen molar-refractivity contribution in [3.63, 3.8) is 0 Å². The number of hydrogen-bond donors (Lipinski definition) is 1. The highest BCUT2D eigenvalue weighted by molar-refractivity contribution is 7.80. The molecule has 90 valence electrons. The van der Waals surface area contributed by atoms with Gasteiger partial charge in [0.15, 0.2) is 0 Å². The first-order valence-electron chi connectivity index (χ1n) is 5.31. The molecule has 0 radical (unpaired) electrons. The van der Waals surface area contributed by atoms with Gasteiger partial charge in [0.1, 0.15) is 5.69 Å². The van der Waals surface area contributed by atoms with Crippen molar-refractivity contribution in [2.75, 3.05) is 6.54 Å². The van der Waals surface area contributed by atoms with Crippen molar-refractivity contribution in [1.29, 1.82) is 0 Å². The number of carbonyl (C=O) groups excluding carboxylic acids is 1. The van der Waals surface area contributed by atoms with Crippen LogP contribution in [0, 0.1) is 0 Å². The number of aromatic nitrogens is 1. The van der Waals surface area contributed by atoms with Gasteiger partial charge in [0.05, 0.1) is 16.1 Å². The molecule has 0 aliphatic carbocycles. The molecule has 2 N–H and O–H groups in total. The number of carbonyl (C=O) groups is 1. The van der Waals surface area contributed by atoms with Crippen LogP contribution in [0.25, 0.3) is 0 Å². The van der Waals surface area contributed by atoms with Crippen molar-refractivity contribution in [2.45, 2.75) is 18.9 Å². The van der Waals surface area contributed by atoms with Crippen molar-refractivity contribution in [3.8, 4) is 0 Å². The Morgan fingerprint density at radius 3 is 2.94 bits per heavy atom. The zero-order valence-corrected chi connectivity index (χ0v) is 10.7. The predicted octanol–water partition coefficient (Wildman–Crippen LogP) is 1.63. The van der Waals surface area contributed by atoms with E-state index in [1.807, 2.05) is 0 Å². The molecule has 0 spiro atoms. The quantitative estimate of drug-likeness (QED) is 0.829. The number of nitrogens with two attached hydrogens (primary N) is 1. The Kier molecular flexibility index (Phi) is 3.59. The number of amides is 1. The molecule has 1 saturated heterocycles. The van der Waals surface area contributed by atoms with E-state index in [-0.39, 0.29) is 11.9 Å². The Morgan fingerprint density at radius 2 is 2.35 bits per heavy atom. The minimum atomic E-state index is -0.144. The first kappa shape index (κ1) is 12.3. The summed E-state index contributed by atoms with van der Waals surface area (Å²) in [6.07, 6.45) is 3.20. The van der Waals surface area contributed by atoms with Crippen LogP contribution in [0.2, 0.25) is 5.02 Å². The van der Waals surface area contributed by atoms with Crippen LogP contribution in [-0.4, -0.2) is 33.4 Å². The molecule has 1 amide bonds. The fraction of sp³-hybridized carbons (Fsp3) is 0.364. The van der Waals surface area contributed by atoms with Crippen LogP contribution in [0.4, 0.5) is 0 Å². The topological polar surface area (TPSA) is 59.2 Å². The molecule has 6 heteroatoms. The van der Waals surface area contributed by atoms with E-state index in [1.165, 1.54) is 6.20 Å². The highest BCUT2D eigenvalue weighted by Gasteiger charge is 2.31. The predicted molar refractivity (Wildman–Crippen MR) is 70.1 cm³/mol. The van der Waals surface area contributed by atoms with Crippen molar-refractivity contribution < 1.29 is 4.79 Å². The van der Waals surface area contributed by atoms with Crippen LogP contribution < -0.4 is 5.73 Å². The lowest BCUT2D eigenvalue weighted by molar-refractivity contribution is 0.0764. The Bertz CT molecular complexity index is 449. The summed E-state index contributed by atoms with van der Waals surface area (Å²) in [6.45, 7) is 0.672. The van der Waals surface area contributed by atoms with E-state index in [2.05, 4.69) is 4.98 Å². The van der Waals surface area contributed by atoms with Crippen LogP contribution in [0.15, 0.2) is 18.3 Å². The lowest BCUT2D eigenvalue weighted by atomic mass is 10.2. The summed E-state index contributed by atoms with van der Waals surface area (Å²) >= 11 is 10.7. The Balaban J connectivity index is 2.19. The highest BCUT2D eigenvalue weighted by Crippen LogP contribution is 2.20. The summed E-state index contributed by atoms with van der Waals surface area (Å²) in [5, 5.41) is 0.508. The molecule has 1 aromatic heterocycles. The number of thiocarbonyl (C=S) groups is 1. The van der Waals surface area contributed by atoms with E-state index >= 15 is 0 Å². The second kappa shape index (κ2) is 4.98. The molecule has 2 heterocycles. The zero-order chi connectivity index (χ0) is 12.4. The van der Waals surface area contributed by atoms with Gasteiger partial charge in [-0.15, -0.1) is 0 Å². The first-order chi connectivity index (χ1) is 8.09. The van der Waals surface area contributed by atoms with Crippen LogP contribution in [0.5, 0.6) is 0 Å². The monoisotopic (exact) mass is 269 g/mol. The van der Waals surface area contributed by atoms with Gasteiger partial charge in [-0.05, 0) is 25.0 Å². The average Bonchev–Trinajstić information content (AvgIpc) is 2.78. The molecule has 1 atom stereocenters. The third kappa shape index (κ3) is 2.56. The molecule has 1 aromatic rings. The van der Waals surface area contributed by atoms with E-state index in [9.17, 15) is 4.79 Å². The average molecular weight is 270 g/mol. The maximum atomic E-state index is 12.2. The van der Waals surface area contributed by atoms with E-state index in [0.717, 1.165) is 12.8 Å². The Morgan fingerprint density at radius 1 is 1.59 bits per heavy atom. The number of halogens is 1. The van der Waals surface area contributed by atoms with Gasteiger partial charge in [-0.25, -0.2) is 4.98 Å². The molecular formula is C11H12ClN3OS. The number of pyridine rings is 1. The van der Waals surface area contributed by atoms with E-state index in [1.54, 1.807) is 17.0 Å². The van der Waals surface area contributed by atoms with E-state index < -0.39 is 0 Å². The fourth-order valence-electron chi connectivity index (χ4n) is 1.96. The van der Waals surface area contributed by atoms with Crippen LogP contribution in [0.1, 0.15) is 23.3 Å². The van der Waals surface area contributed by atoms with Crippen molar-refractivity contribution >= 4 is 34.7 Å². The highest BCUT2D eigenvalue weighted by atomic mass is 35.5. The van der Waals surface area contributed by atoms with Gasteiger partial charge in [-0.2, -0.15) is 0 Å². The fourth-order valence-corrected chi connectivity index (χ4v) is 2.31. The normalized spacial score (nSPS) is 19.4. The number of rotatable bonds is 2. The number of likely N-dealkylation sites (tertiary alicyclic amines) is 1. The summed E-state index contributed by atoms with van der Waals surface area (Å²) in [5.41, 5.74) is 6.00. The van der Waals surface area contributed by atoms with Crippen LogP contribution in [-0.2, 0) is 0 Å². The van der Waals surface area contributed by atoms with Gasteiger partial charge in [-0.1, -0.05) is 23.8 Å². The van der Waals surface area contributed by atoms with Gasteiger partial charge >= 0.3 is 0 Å². The molecular weight excluding hydrogens is 258 g/mol. The first-order valence-corrected chi connectivity index (χ1v) is 6.10. The molecule has 1 aliphatic rings. The smallest absolute Gasteiger partial charge is 0.273 e. The van der Waals surface area contributed by atoms with Crippen molar-refractivity contribution in [3.05, 3.63) is 29.0 Å². The maximum Gasteiger partial charge on any atom is 0.273 e. The zero-order valence-electron chi connectivity index (χ0n) is 9.10. The Hall–Kier alpha value is -1.20. The number of hydrogen-bond acceptors (Lipinski definition) is 3. The summed E-state index contributed by atoms with van der Waals surface area (Å²) in [6, 6.07) is 3.11. The molecule has 0 aromatic carbocycles. The molecule has 2 rings (SSSR count). The lowest BCUT2D eigenvalue weighted by Crippen LogP contribution is -2.43.